The number of nitrogens with zero attached hydrogens (tertiary/aromatic N) is 2. The van der Waals surface area contributed by atoms with E-state index in [1.54, 1.807) is 0 Å². The first kappa shape index (κ1) is 24.0. The summed E-state index contributed by atoms with van der Waals surface area (Å²) in [7, 11) is 0. The molecule has 6 aromatic rings. The Morgan fingerprint density at radius 2 is 1.10 bits per heavy atom. The standard InChI is InChI=1S/C35H25N3O/c39-35(31-24-33(27-14-6-2-7-15-27)36-32-19-11-10-18-30(31)32)38-37-34(28-16-8-3-9-17-28)29-22-20-26(21-23-29)25-12-4-1-5-13-25/h1-24H,(H,38,39)/b37-34-. The molecular weight excluding hydrogens is 478 g/mol. The second kappa shape index (κ2) is 11.0. The lowest BCUT2D eigenvalue weighted by atomic mass is 9.99. The van der Waals surface area contributed by atoms with Crippen LogP contribution in [0.25, 0.3) is 33.3 Å². The summed E-state index contributed by atoms with van der Waals surface area (Å²) in [5.41, 5.74) is 10.6. The van der Waals surface area contributed by atoms with Crippen LogP contribution in [0.5, 0.6) is 0 Å². The van der Waals surface area contributed by atoms with Crippen molar-refractivity contribution >= 4 is 22.5 Å². The van der Waals surface area contributed by atoms with Crippen LogP contribution >= 0.6 is 0 Å². The van der Waals surface area contributed by atoms with Crippen molar-refractivity contribution in [3.8, 4) is 22.4 Å². The number of hydrazone groups is 1. The monoisotopic (exact) mass is 503 g/mol. The number of pyridine rings is 1. The molecule has 0 aliphatic heterocycles. The SMILES string of the molecule is O=C(N/N=C(/c1ccccc1)c1ccc(-c2ccccc2)cc1)c1cc(-c2ccccc2)nc2ccccc12. The summed E-state index contributed by atoms with van der Waals surface area (Å²) < 4.78 is 0. The highest BCUT2D eigenvalue weighted by molar-refractivity contribution is 6.14. The molecule has 0 saturated carbocycles. The quantitative estimate of drug-likeness (QED) is 0.187. The van der Waals surface area contributed by atoms with Gasteiger partial charge in [0.25, 0.3) is 5.91 Å². The minimum Gasteiger partial charge on any atom is -0.267 e. The average molecular weight is 504 g/mol. The first-order chi connectivity index (χ1) is 19.3. The van der Waals surface area contributed by atoms with Crippen molar-refractivity contribution in [3.05, 3.63) is 162 Å². The average Bonchev–Trinajstić information content (AvgIpc) is 3.02. The van der Waals surface area contributed by atoms with Gasteiger partial charge < -0.3 is 0 Å². The topological polar surface area (TPSA) is 54.4 Å². The fourth-order valence-electron chi connectivity index (χ4n) is 4.63. The largest absolute Gasteiger partial charge is 0.272 e. The Labute approximate surface area is 227 Å². The second-order valence-electron chi connectivity index (χ2n) is 9.15. The number of amides is 1. The van der Waals surface area contributed by atoms with E-state index in [9.17, 15) is 4.79 Å². The van der Waals surface area contributed by atoms with Crippen molar-refractivity contribution in [2.24, 2.45) is 5.10 Å². The van der Waals surface area contributed by atoms with Crippen molar-refractivity contribution in [2.75, 3.05) is 0 Å². The molecule has 5 aromatic carbocycles. The zero-order valence-corrected chi connectivity index (χ0v) is 21.2. The Morgan fingerprint density at radius 1 is 0.564 bits per heavy atom. The zero-order chi connectivity index (χ0) is 26.4. The molecule has 0 bridgehead atoms. The van der Waals surface area contributed by atoms with Crippen LogP contribution in [0.2, 0.25) is 0 Å². The fraction of sp³-hybridized carbons (Fsp3) is 0. The molecule has 4 nitrogen and oxygen atoms in total. The van der Waals surface area contributed by atoms with Crippen molar-refractivity contribution in [2.45, 2.75) is 0 Å². The van der Waals surface area contributed by atoms with Crippen molar-refractivity contribution in [1.29, 1.82) is 0 Å². The van der Waals surface area contributed by atoms with Gasteiger partial charge in [-0.15, -0.1) is 0 Å². The highest BCUT2D eigenvalue weighted by Gasteiger charge is 2.15. The number of carbonyl (C=O) groups excluding carboxylic acids is 1. The number of aromatic nitrogens is 1. The third kappa shape index (κ3) is 5.22. The summed E-state index contributed by atoms with van der Waals surface area (Å²) in [5, 5.41) is 5.43. The smallest absolute Gasteiger partial charge is 0.267 e. The molecule has 0 spiro atoms. The molecule has 0 atom stereocenters. The lowest BCUT2D eigenvalue weighted by Gasteiger charge is -2.11. The van der Waals surface area contributed by atoms with Gasteiger partial charge in [0.2, 0.25) is 0 Å². The van der Waals surface area contributed by atoms with E-state index < -0.39 is 0 Å². The highest BCUT2D eigenvalue weighted by Crippen LogP contribution is 2.25. The molecule has 1 heterocycles. The van der Waals surface area contributed by atoms with E-state index in [2.05, 4.69) is 34.8 Å². The summed E-state index contributed by atoms with van der Waals surface area (Å²) in [6.45, 7) is 0. The fourth-order valence-corrected chi connectivity index (χ4v) is 4.63. The van der Waals surface area contributed by atoms with Crippen LogP contribution < -0.4 is 5.43 Å². The Kier molecular flexibility index (Phi) is 6.74. The zero-order valence-electron chi connectivity index (χ0n) is 21.2. The van der Waals surface area contributed by atoms with E-state index >= 15 is 0 Å². The molecule has 0 radical (unpaired) electrons. The first-order valence-corrected chi connectivity index (χ1v) is 12.8. The number of fused-ring (bicyclic) bond motifs is 1. The molecule has 1 N–H and O–H groups in total. The van der Waals surface area contributed by atoms with Gasteiger partial charge in [-0.1, -0.05) is 133 Å². The first-order valence-electron chi connectivity index (χ1n) is 12.8. The minimum atomic E-state index is -0.292. The second-order valence-corrected chi connectivity index (χ2v) is 9.15. The maximum atomic E-state index is 13.6. The van der Waals surface area contributed by atoms with Gasteiger partial charge in [-0.25, -0.2) is 10.4 Å². The van der Waals surface area contributed by atoms with Gasteiger partial charge in [0, 0.05) is 22.1 Å². The molecule has 0 aliphatic rings. The molecule has 1 amide bonds. The van der Waals surface area contributed by atoms with Crippen LogP contribution in [-0.4, -0.2) is 16.6 Å². The van der Waals surface area contributed by atoms with E-state index in [1.807, 2.05) is 121 Å². The number of rotatable bonds is 6. The summed E-state index contributed by atoms with van der Waals surface area (Å²) in [6.07, 6.45) is 0. The number of benzene rings is 5. The van der Waals surface area contributed by atoms with Gasteiger partial charge in [0.1, 0.15) is 0 Å². The van der Waals surface area contributed by atoms with Crippen molar-refractivity contribution in [1.82, 2.24) is 10.4 Å². The van der Waals surface area contributed by atoms with Crippen LogP contribution in [0.1, 0.15) is 21.5 Å². The number of carbonyl (C=O) groups is 1. The highest BCUT2D eigenvalue weighted by atomic mass is 16.2. The van der Waals surface area contributed by atoms with E-state index in [0.29, 0.717) is 11.3 Å². The molecule has 4 heteroatoms. The minimum absolute atomic E-state index is 0.292. The third-order valence-electron chi connectivity index (χ3n) is 6.61. The van der Waals surface area contributed by atoms with Gasteiger partial charge in [0.15, 0.2) is 0 Å². The van der Waals surface area contributed by atoms with Gasteiger partial charge in [-0.2, -0.15) is 5.10 Å². The molecule has 0 fully saturated rings. The third-order valence-corrected chi connectivity index (χ3v) is 6.61. The molecular formula is C35H25N3O. The van der Waals surface area contributed by atoms with Gasteiger partial charge in [-0.05, 0) is 23.3 Å². The number of para-hydroxylation sites is 1. The van der Waals surface area contributed by atoms with Crippen LogP contribution in [-0.2, 0) is 0 Å². The van der Waals surface area contributed by atoms with Crippen LogP contribution in [0, 0.1) is 0 Å². The Bertz CT molecular complexity index is 1760. The molecule has 6 rings (SSSR count). The summed E-state index contributed by atoms with van der Waals surface area (Å²) >= 11 is 0. The predicted octanol–water partition coefficient (Wildman–Crippen LogP) is 7.75. The molecule has 0 aliphatic carbocycles. The molecule has 0 unspecified atom stereocenters. The Hall–Kier alpha value is -5.35. The van der Waals surface area contributed by atoms with E-state index in [1.165, 1.54) is 0 Å². The van der Waals surface area contributed by atoms with Gasteiger partial charge >= 0.3 is 0 Å². The van der Waals surface area contributed by atoms with E-state index in [4.69, 9.17) is 4.98 Å². The van der Waals surface area contributed by atoms with Crippen molar-refractivity contribution < 1.29 is 4.79 Å². The van der Waals surface area contributed by atoms with Gasteiger partial charge in [0.05, 0.1) is 22.5 Å². The molecule has 39 heavy (non-hydrogen) atoms. The van der Waals surface area contributed by atoms with Crippen LogP contribution in [0.15, 0.2) is 151 Å². The molecule has 0 saturated heterocycles. The lowest BCUT2D eigenvalue weighted by Crippen LogP contribution is -2.21. The summed E-state index contributed by atoms with van der Waals surface area (Å²) in [6, 6.07) is 47.7. The normalized spacial score (nSPS) is 11.3. The molecule has 1 aromatic heterocycles. The van der Waals surface area contributed by atoms with Crippen LogP contribution in [0.3, 0.4) is 0 Å². The Morgan fingerprint density at radius 3 is 1.79 bits per heavy atom. The number of hydrogen-bond acceptors (Lipinski definition) is 3. The molecule has 186 valence electrons. The summed E-state index contributed by atoms with van der Waals surface area (Å²) in [4.78, 5) is 18.4. The number of nitrogens with one attached hydrogen (secondary N) is 1. The van der Waals surface area contributed by atoms with Gasteiger partial charge in [-0.3, -0.25) is 4.79 Å². The van der Waals surface area contributed by atoms with E-state index in [-0.39, 0.29) is 5.91 Å². The lowest BCUT2D eigenvalue weighted by molar-refractivity contribution is 0.0956. The maximum Gasteiger partial charge on any atom is 0.272 e. The number of hydrogen-bond donors (Lipinski definition) is 1. The van der Waals surface area contributed by atoms with Crippen molar-refractivity contribution in [3.63, 3.8) is 0 Å². The summed E-state index contributed by atoms with van der Waals surface area (Å²) in [5.74, 6) is -0.292. The van der Waals surface area contributed by atoms with Crippen LogP contribution in [0.4, 0.5) is 0 Å². The van der Waals surface area contributed by atoms with E-state index in [0.717, 1.165) is 44.4 Å². The predicted molar refractivity (Wildman–Crippen MR) is 159 cm³/mol. The maximum absolute atomic E-state index is 13.6. The Balaban J connectivity index is 1.37.